The van der Waals surface area contributed by atoms with Crippen LogP contribution in [0.2, 0.25) is 0 Å². The Kier molecular flexibility index (Phi) is 4.50. The third kappa shape index (κ3) is 3.17. The summed E-state index contributed by atoms with van der Waals surface area (Å²) in [5, 5.41) is 0.519. The zero-order valence-electron chi connectivity index (χ0n) is 17.9. The standard InChI is InChI=1S/C25H23N5O2/c1-16-8-10-17(11-9-16)13-30-23-21(22-24(30)28-20-7-3-2-6-19(20)27-22)25(31)29(15-26-23)14-18-5-4-12-32-18/h2-3,6-11,15,18H,4-5,12-14H2,1H3. The summed E-state index contributed by atoms with van der Waals surface area (Å²) in [4.78, 5) is 28.0. The Morgan fingerprint density at radius 1 is 1.03 bits per heavy atom. The van der Waals surface area contributed by atoms with E-state index >= 15 is 0 Å². The molecule has 0 amide bonds. The van der Waals surface area contributed by atoms with E-state index < -0.39 is 0 Å². The Morgan fingerprint density at radius 3 is 2.56 bits per heavy atom. The van der Waals surface area contributed by atoms with Crippen molar-refractivity contribution >= 4 is 33.2 Å². The van der Waals surface area contributed by atoms with Crippen molar-refractivity contribution in [3.63, 3.8) is 0 Å². The molecule has 1 aliphatic rings. The number of nitrogens with zero attached hydrogens (tertiary/aromatic N) is 5. The second kappa shape index (κ2) is 7.53. The van der Waals surface area contributed by atoms with Crippen molar-refractivity contribution in [1.82, 2.24) is 24.1 Å². The Labute approximate surface area is 184 Å². The van der Waals surface area contributed by atoms with Gasteiger partial charge in [-0.05, 0) is 37.5 Å². The zero-order valence-corrected chi connectivity index (χ0v) is 17.9. The molecule has 3 aromatic heterocycles. The van der Waals surface area contributed by atoms with Crippen LogP contribution in [0.3, 0.4) is 0 Å². The van der Waals surface area contributed by atoms with Crippen LogP contribution in [0.15, 0.2) is 59.7 Å². The molecule has 0 aliphatic carbocycles. The number of aromatic nitrogens is 5. The lowest BCUT2D eigenvalue weighted by Crippen LogP contribution is -2.26. The van der Waals surface area contributed by atoms with Gasteiger partial charge >= 0.3 is 0 Å². The van der Waals surface area contributed by atoms with E-state index in [4.69, 9.17) is 19.7 Å². The Morgan fingerprint density at radius 2 is 1.81 bits per heavy atom. The summed E-state index contributed by atoms with van der Waals surface area (Å²) in [6, 6.07) is 16.1. The highest BCUT2D eigenvalue weighted by molar-refractivity contribution is 6.04. The van der Waals surface area contributed by atoms with E-state index in [0.29, 0.717) is 35.3 Å². The monoisotopic (exact) mass is 425 g/mol. The van der Waals surface area contributed by atoms with Crippen LogP contribution in [0.5, 0.6) is 0 Å². The molecule has 160 valence electrons. The molecule has 4 heterocycles. The molecule has 1 unspecified atom stereocenters. The van der Waals surface area contributed by atoms with Gasteiger partial charge in [0.1, 0.15) is 10.9 Å². The summed E-state index contributed by atoms with van der Waals surface area (Å²) in [5.41, 5.74) is 5.69. The quantitative estimate of drug-likeness (QED) is 0.437. The molecule has 7 heteroatoms. The highest BCUT2D eigenvalue weighted by Gasteiger charge is 2.22. The molecule has 1 saturated heterocycles. The van der Waals surface area contributed by atoms with Crippen molar-refractivity contribution in [3.8, 4) is 0 Å². The number of hydrogen-bond donors (Lipinski definition) is 0. The second-order valence-corrected chi connectivity index (χ2v) is 8.49. The van der Waals surface area contributed by atoms with Crippen molar-refractivity contribution in [2.45, 2.75) is 39.0 Å². The first-order chi connectivity index (χ1) is 15.7. The summed E-state index contributed by atoms with van der Waals surface area (Å²) < 4.78 is 9.41. The van der Waals surface area contributed by atoms with Crippen molar-refractivity contribution in [3.05, 3.63) is 76.3 Å². The van der Waals surface area contributed by atoms with E-state index in [0.717, 1.165) is 36.0 Å². The molecule has 32 heavy (non-hydrogen) atoms. The minimum Gasteiger partial charge on any atom is -0.376 e. The van der Waals surface area contributed by atoms with Gasteiger partial charge in [0.25, 0.3) is 5.56 Å². The highest BCUT2D eigenvalue weighted by atomic mass is 16.5. The fourth-order valence-electron chi connectivity index (χ4n) is 4.50. The Balaban J connectivity index is 1.59. The summed E-state index contributed by atoms with van der Waals surface area (Å²) in [7, 11) is 0. The molecule has 0 bridgehead atoms. The summed E-state index contributed by atoms with van der Waals surface area (Å²) in [6.45, 7) is 3.89. The van der Waals surface area contributed by atoms with E-state index in [1.54, 1.807) is 10.9 Å². The topological polar surface area (TPSA) is 74.8 Å². The lowest BCUT2D eigenvalue weighted by molar-refractivity contribution is 0.0960. The first-order valence-electron chi connectivity index (χ1n) is 11.0. The van der Waals surface area contributed by atoms with E-state index in [2.05, 4.69) is 31.2 Å². The molecule has 0 spiro atoms. The zero-order chi connectivity index (χ0) is 21.7. The molecule has 0 saturated carbocycles. The molecule has 1 fully saturated rings. The third-order valence-electron chi connectivity index (χ3n) is 6.20. The molecular formula is C25H23N5O2. The van der Waals surface area contributed by atoms with E-state index in [-0.39, 0.29) is 11.7 Å². The van der Waals surface area contributed by atoms with E-state index in [9.17, 15) is 4.79 Å². The summed E-state index contributed by atoms with van der Waals surface area (Å²) in [5.74, 6) is 0. The molecule has 5 aromatic rings. The number of fused-ring (bicyclic) bond motifs is 4. The molecule has 1 atom stereocenters. The van der Waals surface area contributed by atoms with E-state index in [1.807, 2.05) is 28.8 Å². The van der Waals surface area contributed by atoms with E-state index in [1.165, 1.54) is 5.56 Å². The Bertz CT molecular complexity index is 1510. The van der Waals surface area contributed by atoms with Gasteiger partial charge in [-0.1, -0.05) is 42.0 Å². The van der Waals surface area contributed by atoms with Crippen LogP contribution in [-0.2, 0) is 17.8 Å². The van der Waals surface area contributed by atoms with Crippen molar-refractivity contribution < 1.29 is 4.74 Å². The van der Waals surface area contributed by atoms with Crippen molar-refractivity contribution in [1.29, 1.82) is 0 Å². The minimum absolute atomic E-state index is 0.0553. The van der Waals surface area contributed by atoms with Crippen LogP contribution in [0.1, 0.15) is 24.0 Å². The maximum absolute atomic E-state index is 13.6. The fraction of sp³-hybridized carbons (Fsp3) is 0.280. The van der Waals surface area contributed by atoms with Crippen LogP contribution >= 0.6 is 0 Å². The average molecular weight is 425 g/mol. The fourth-order valence-corrected chi connectivity index (χ4v) is 4.50. The molecule has 7 nitrogen and oxygen atoms in total. The van der Waals surface area contributed by atoms with Gasteiger partial charge in [-0.25, -0.2) is 15.0 Å². The number of aryl methyl sites for hydroxylation is 1. The van der Waals surface area contributed by atoms with Gasteiger partial charge in [0, 0.05) is 6.61 Å². The van der Waals surface area contributed by atoms with Crippen LogP contribution in [0.4, 0.5) is 0 Å². The molecule has 1 aliphatic heterocycles. The maximum Gasteiger partial charge on any atom is 0.265 e. The van der Waals surface area contributed by atoms with Gasteiger partial charge in [-0.15, -0.1) is 0 Å². The lowest BCUT2D eigenvalue weighted by atomic mass is 10.1. The number of ether oxygens (including phenoxy) is 1. The number of benzene rings is 2. The van der Waals surface area contributed by atoms with Gasteiger partial charge in [-0.2, -0.15) is 0 Å². The maximum atomic E-state index is 13.6. The highest BCUT2D eigenvalue weighted by Crippen LogP contribution is 2.26. The number of rotatable bonds is 4. The first kappa shape index (κ1) is 19.1. The molecule has 0 N–H and O–H groups in total. The third-order valence-corrected chi connectivity index (χ3v) is 6.20. The molecule has 0 radical (unpaired) electrons. The van der Waals surface area contributed by atoms with Gasteiger partial charge in [0.15, 0.2) is 11.3 Å². The molecule has 2 aromatic carbocycles. The largest absolute Gasteiger partial charge is 0.376 e. The van der Waals surface area contributed by atoms with Gasteiger partial charge < -0.3 is 9.30 Å². The van der Waals surface area contributed by atoms with Crippen molar-refractivity contribution in [2.75, 3.05) is 6.61 Å². The van der Waals surface area contributed by atoms with Crippen LogP contribution in [0, 0.1) is 6.92 Å². The van der Waals surface area contributed by atoms with Gasteiger partial charge in [0.2, 0.25) is 0 Å². The number of para-hydroxylation sites is 2. The second-order valence-electron chi connectivity index (χ2n) is 8.49. The van der Waals surface area contributed by atoms with Crippen LogP contribution < -0.4 is 5.56 Å². The smallest absolute Gasteiger partial charge is 0.265 e. The normalized spacial score (nSPS) is 16.5. The number of hydrogen-bond acceptors (Lipinski definition) is 5. The SMILES string of the molecule is Cc1ccc(Cn2c3nc4ccccc4nc3c3c(=O)n(CC4CCCO4)cnc32)cc1. The predicted octanol–water partition coefficient (Wildman–Crippen LogP) is 3.83. The lowest BCUT2D eigenvalue weighted by Gasteiger charge is -2.11. The molecule has 6 rings (SSSR count). The van der Waals surface area contributed by atoms with Crippen LogP contribution in [0.25, 0.3) is 33.2 Å². The van der Waals surface area contributed by atoms with Crippen molar-refractivity contribution in [2.24, 2.45) is 0 Å². The van der Waals surface area contributed by atoms with Gasteiger partial charge in [0.05, 0.1) is 36.6 Å². The molecular weight excluding hydrogens is 402 g/mol. The predicted molar refractivity (Wildman–Crippen MR) is 124 cm³/mol. The van der Waals surface area contributed by atoms with Crippen LogP contribution in [-0.4, -0.2) is 36.8 Å². The summed E-state index contributed by atoms with van der Waals surface area (Å²) in [6.07, 6.45) is 3.68. The minimum atomic E-state index is -0.0947. The Hall–Kier alpha value is -3.58. The first-order valence-corrected chi connectivity index (χ1v) is 11.0. The summed E-state index contributed by atoms with van der Waals surface area (Å²) >= 11 is 0. The average Bonchev–Trinajstić information content (AvgIpc) is 3.42. The van der Waals surface area contributed by atoms with Gasteiger partial charge in [-0.3, -0.25) is 9.36 Å².